The van der Waals surface area contributed by atoms with E-state index in [9.17, 15) is 4.79 Å². The number of hydrogen-bond donors (Lipinski definition) is 1. The zero-order valence-corrected chi connectivity index (χ0v) is 12.6. The Balaban J connectivity index is 2.14. The van der Waals surface area contributed by atoms with Crippen molar-refractivity contribution in [3.05, 3.63) is 30.5 Å². The largest absolute Gasteiger partial charge is 0.399 e. The van der Waals surface area contributed by atoms with Crippen molar-refractivity contribution in [1.29, 1.82) is 0 Å². The molecule has 1 amide bonds. The van der Waals surface area contributed by atoms with Crippen molar-refractivity contribution in [2.45, 2.75) is 19.4 Å². The predicted molar refractivity (Wildman–Crippen MR) is 85.2 cm³/mol. The number of nitrogens with two attached hydrogens (primary N) is 1. The summed E-state index contributed by atoms with van der Waals surface area (Å²) >= 11 is 0. The summed E-state index contributed by atoms with van der Waals surface area (Å²) in [6.07, 6.45) is 1.77. The first-order valence-corrected chi connectivity index (χ1v) is 7.09. The van der Waals surface area contributed by atoms with Crippen LogP contribution in [0.5, 0.6) is 0 Å². The zero-order valence-electron chi connectivity index (χ0n) is 12.6. The van der Waals surface area contributed by atoms with Crippen LogP contribution in [0.3, 0.4) is 0 Å². The van der Waals surface area contributed by atoms with Gasteiger partial charge in [-0.15, -0.1) is 0 Å². The standard InChI is InChI=1S/C16H20N4O/c1-16(2)15(21)19(3)8-9-20(16)14-6-7-18-13-10-11(17)4-5-12(13)14/h4-7,10H,8-9,17H2,1-3H3. The Morgan fingerprint density at radius 1 is 1.24 bits per heavy atom. The smallest absolute Gasteiger partial charge is 0.247 e. The number of piperazine rings is 1. The molecule has 2 aromatic rings. The van der Waals surface area contributed by atoms with E-state index in [1.165, 1.54) is 0 Å². The number of benzene rings is 1. The summed E-state index contributed by atoms with van der Waals surface area (Å²) in [6.45, 7) is 5.46. The van der Waals surface area contributed by atoms with Crippen LogP contribution in [0.2, 0.25) is 0 Å². The van der Waals surface area contributed by atoms with Crippen molar-refractivity contribution in [3.63, 3.8) is 0 Å². The van der Waals surface area contributed by atoms with Gasteiger partial charge in [0.15, 0.2) is 0 Å². The van der Waals surface area contributed by atoms with Gasteiger partial charge in [-0.3, -0.25) is 9.78 Å². The number of amides is 1. The minimum absolute atomic E-state index is 0.133. The molecule has 1 aromatic carbocycles. The van der Waals surface area contributed by atoms with Crippen molar-refractivity contribution < 1.29 is 4.79 Å². The Bertz CT molecular complexity index is 710. The maximum Gasteiger partial charge on any atom is 0.247 e. The fourth-order valence-corrected chi connectivity index (χ4v) is 3.02. The van der Waals surface area contributed by atoms with Crippen molar-refractivity contribution in [3.8, 4) is 0 Å². The number of pyridine rings is 1. The Morgan fingerprint density at radius 3 is 2.76 bits per heavy atom. The molecule has 0 unspecified atom stereocenters. The van der Waals surface area contributed by atoms with Gasteiger partial charge in [0.25, 0.3) is 0 Å². The van der Waals surface area contributed by atoms with Gasteiger partial charge in [0.2, 0.25) is 5.91 Å². The first-order valence-electron chi connectivity index (χ1n) is 7.09. The lowest BCUT2D eigenvalue weighted by atomic mass is 9.96. The second kappa shape index (κ2) is 4.62. The molecule has 21 heavy (non-hydrogen) atoms. The highest BCUT2D eigenvalue weighted by molar-refractivity contribution is 5.97. The number of carbonyl (C=O) groups excluding carboxylic acids is 1. The number of likely N-dealkylation sites (N-methyl/N-ethyl adjacent to an activating group) is 1. The number of fused-ring (bicyclic) bond motifs is 1. The van der Waals surface area contributed by atoms with Gasteiger partial charge in [-0.25, -0.2) is 0 Å². The molecule has 0 spiro atoms. The Labute approximate surface area is 124 Å². The molecule has 2 heterocycles. The summed E-state index contributed by atoms with van der Waals surface area (Å²) in [5.41, 5.74) is 7.85. The molecule has 3 rings (SSSR count). The van der Waals surface area contributed by atoms with E-state index in [4.69, 9.17) is 5.73 Å². The topological polar surface area (TPSA) is 62.5 Å². The minimum atomic E-state index is -0.567. The van der Waals surface area contributed by atoms with Gasteiger partial charge < -0.3 is 15.5 Å². The second-order valence-electron chi connectivity index (χ2n) is 6.04. The maximum atomic E-state index is 12.5. The summed E-state index contributed by atoms with van der Waals surface area (Å²) in [7, 11) is 1.85. The first-order chi connectivity index (χ1) is 9.91. The van der Waals surface area contributed by atoms with Crippen LogP contribution < -0.4 is 10.6 Å². The fraction of sp³-hybridized carbons (Fsp3) is 0.375. The number of carbonyl (C=O) groups is 1. The molecule has 0 aliphatic carbocycles. The highest BCUT2D eigenvalue weighted by Crippen LogP contribution is 2.33. The molecule has 110 valence electrons. The van der Waals surface area contributed by atoms with Crippen molar-refractivity contribution in [1.82, 2.24) is 9.88 Å². The average Bonchev–Trinajstić information content (AvgIpc) is 2.44. The van der Waals surface area contributed by atoms with Gasteiger partial charge >= 0.3 is 0 Å². The number of hydrogen-bond acceptors (Lipinski definition) is 4. The van der Waals surface area contributed by atoms with Gasteiger partial charge in [-0.1, -0.05) is 0 Å². The molecule has 0 atom stereocenters. The predicted octanol–water partition coefficient (Wildman–Crippen LogP) is 1.87. The normalized spacial score (nSPS) is 18.3. The second-order valence-corrected chi connectivity index (χ2v) is 6.04. The van der Waals surface area contributed by atoms with Gasteiger partial charge in [0.05, 0.1) is 5.52 Å². The summed E-state index contributed by atoms with van der Waals surface area (Å²) in [5.74, 6) is 0.133. The van der Waals surface area contributed by atoms with E-state index in [2.05, 4.69) is 9.88 Å². The van der Waals surface area contributed by atoms with E-state index in [0.29, 0.717) is 5.69 Å². The molecule has 1 aliphatic rings. The molecular weight excluding hydrogens is 264 g/mol. The molecule has 5 nitrogen and oxygen atoms in total. The summed E-state index contributed by atoms with van der Waals surface area (Å²) in [5, 5.41) is 1.03. The molecule has 1 aliphatic heterocycles. The quantitative estimate of drug-likeness (QED) is 0.812. The van der Waals surface area contributed by atoms with E-state index in [1.807, 2.05) is 45.2 Å². The lowest BCUT2D eigenvalue weighted by Crippen LogP contribution is -2.62. The van der Waals surface area contributed by atoms with E-state index in [0.717, 1.165) is 29.7 Å². The van der Waals surface area contributed by atoms with E-state index < -0.39 is 5.54 Å². The van der Waals surface area contributed by atoms with Crippen LogP contribution in [-0.2, 0) is 4.79 Å². The van der Waals surface area contributed by atoms with Crippen LogP contribution in [0.1, 0.15) is 13.8 Å². The molecular formula is C16H20N4O. The highest BCUT2D eigenvalue weighted by Gasteiger charge is 2.41. The van der Waals surface area contributed by atoms with Crippen molar-refractivity contribution in [2.24, 2.45) is 0 Å². The SMILES string of the molecule is CN1CCN(c2ccnc3cc(N)ccc23)C(C)(C)C1=O. The summed E-state index contributed by atoms with van der Waals surface area (Å²) in [6, 6.07) is 7.69. The van der Waals surface area contributed by atoms with Crippen LogP contribution in [0.4, 0.5) is 11.4 Å². The third kappa shape index (κ3) is 2.09. The molecule has 1 aromatic heterocycles. The van der Waals surface area contributed by atoms with Crippen molar-refractivity contribution >= 4 is 28.2 Å². The van der Waals surface area contributed by atoms with Crippen LogP contribution in [0, 0.1) is 0 Å². The average molecular weight is 284 g/mol. The van der Waals surface area contributed by atoms with Crippen LogP contribution in [0.25, 0.3) is 10.9 Å². The monoisotopic (exact) mass is 284 g/mol. The van der Waals surface area contributed by atoms with Crippen LogP contribution in [0.15, 0.2) is 30.5 Å². The van der Waals surface area contributed by atoms with E-state index >= 15 is 0 Å². The molecule has 0 radical (unpaired) electrons. The number of rotatable bonds is 1. The van der Waals surface area contributed by atoms with Gasteiger partial charge in [-0.2, -0.15) is 0 Å². The van der Waals surface area contributed by atoms with E-state index in [1.54, 1.807) is 11.1 Å². The molecule has 2 N–H and O–H groups in total. The Kier molecular flexibility index (Phi) is 3.01. The number of nitrogens with zero attached hydrogens (tertiary/aromatic N) is 3. The summed E-state index contributed by atoms with van der Waals surface area (Å²) < 4.78 is 0. The third-order valence-electron chi connectivity index (χ3n) is 4.24. The van der Waals surface area contributed by atoms with E-state index in [-0.39, 0.29) is 5.91 Å². The van der Waals surface area contributed by atoms with Gasteiger partial charge in [0.1, 0.15) is 5.54 Å². The lowest BCUT2D eigenvalue weighted by Gasteiger charge is -2.46. The Hall–Kier alpha value is -2.30. The molecule has 0 saturated carbocycles. The first kappa shape index (κ1) is 13.7. The minimum Gasteiger partial charge on any atom is -0.399 e. The molecule has 5 heteroatoms. The number of aromatic nitrogens is 1. The van der Waals surface area contributed by atoms with Gasteiger partial charge in [0, 0.05) is 43.1 Å². The fourth-order valence-electron chi connectivity index (χ4n) is 3.02. The number of nitrogen functional groups attached to an aromatic ring is 1. The molecule has 1 saturated heterocycles. The maximum absolute atomic E-state index is 12.5. The Morgan fingerprint density at radius 2 is 2.00 bits per heavy atom. The zero-order chi connectivity index (χ0) is 15.2. The highest BCUT2D eigenvalue weighted by atomic mass is 16.2. The van der Waals surface area contributed by atoms with Crippen molar-refractivity contribution in [2.75, 3.05) is 30.8 Å². The number of anilines is 2. The summed E-state index contributed by atoms with van der Waals surface area (Å²) in [4.78, 5) is 20.8. The van der Waals surface area contributed by atoms with Gasteiger partial charge in [-0.05, 0) is 38.1 Å². The van der Waals surface area contributed by atoms with Crippen LogP contribution >= 0.6 is 0 Å². The molecule has 1 fully saturated rings. The third-order valence-corrected chi connectivity index (χ3v) is 4.24. The van der Waals surface area contributed by atoms with Crippen LogP contribution in [-0.4, -0.2) is 41.5 Å². The molecule has 0 bridgehead atoms. The lowest BCUT2D eigenvalue weighted by molar-refractivity contribution is -0.136.